The van der Waals surface area contributed by atoms with Gasteiger partial charge in [-0.25, -0.2) is 0 Å². The lowest BCUT2D eigenvalue weighted by atomic mass is 10.1. The van der Waals surface area contributed by atoms with Crippen molar-refractivity contribution in [2.45, 2.75) is 38.8 Å². The van der Waals surface area contributed by atoms with Crippen molar-refractivity contribution in [3.8, 4) is 5.75 Å². The van der Waals surface area contributed by atoms with Gasteiger partial charge in [0, 0.05) is 0 Å². The minimum absolute atomic E-state index is 0.115. The van der Waals surface area contributed by atoms with Crippen molar-refractivity contribution in [2.75, 3.05) is 13.7 Å². The van der Waals surface area contributed by atoms with Gasteiger partial charge in [0.05, 0.1) is 25.4 Å². The molecule has 0 bridgehead atoms. The number of hydrogen-bond donors (Lipinski definition) is 1. The van der Waals surface area contributed by atoms with E-state index in [2.05, 4.69) is 20.8 Å². The van der Waals surface area contributed by atoms with Crippen LogP contribution in [0.3, 0.4) is 0 Å². The summed E-state index contributed by atoms with van der Waals surface area (Å²) in [6.45, 7) is 6.78. The fraction of sp³-hybridized carbons (Fsp3) is 0.571. The lowest BCUT2D eigenvalue weighted by Crippen LogP contribution is -2.28. The van der Waals surface area contributed by atoms with Gasteiger partial charge >= 0.3 is 0 Å². The predicted octanol–water partition coefficient (Wildman–Crippen LogP) is 2.90. The molecule has 2 N–H and O–H groups in total. The van der Waals surface area contributed by atoms with E-state index in [1.54, 1.807) is 7.11 Å². The molecule has 0 spiro atoms. The third-order valence-corrected chi connectivity index (χ3v) is 3.03. The Hall–Kier alpha value is -1.06. The van der Waals surface area contributed by atoms with Gasteiger partial charge < -0.3 is 15.2 Å². The van der Waals surface area contributed by atoms with Gasteiger partial charge in [-0.3, -0.25) is 0 Å². The van der Waals surface area contributed by atoms with E-state index < -0.39 is 0 Å². The van der Waals surface area contributed by atoms with Crippen LogP contribution in [0.15, 0.2) is 24.3 Å². The molecule has 0 saturated heterocycles. The van der Waals surface area contributed by atoms with E-state index in [1.807, 2.05) is 24.3 Å². The maximum absolute atomic E-state index is 6.10. The minimum Gasteiger partial charge on any atom is -0.497 e. The van der Waals surface area contributed by atoms with Crippen molar-refractivity contribution in [1.29, 1.82) is 0 Å². The topological polar surface area (TPSA) is 44.5 Å². The van der Waals surface area contributed by atoms with Crippen LogP contribution in [0.25, 0.3) is 0 Å². The van der Waals surface area contributed by atoms with Crippen molar-refractivity contribution in [2.24, 2.45) is 5.73 Å². The van der Waals surface area contributed by atoms with Gasteiger partial charge in [0.1, 0.15) is 5.75 Å². The Bertz CT molecular complexity index is 350. The first kappa shape index (κ1) is 14.0. The first-order valence-electron chi connectivity index (χ1n) is 6.02. The highest BCUT2D eigenvalue weighted by Crippen LogP contribution is 2.20. The maximum Gasteiger partial charge on any atom is 0.119 e. The predicted molar refractivity (Wildman–Crippen MR) is 70.2 cm³/mol. The van der Waals surface area contributed by atoms with Gasteiger partial charge in [-0.15, -0.1) is 0 Å². The van der Waals surface area contributed by atoms with E-state index in [-0.39, 0.29) is 11.6 Å². The molecule has 1 unspecified atom stereocenters. The summed E-state index contributed by atoms with van der Waals surface area (Å²) >= 11 is 0. The van der Waals surface area contributed by atoms with E-state index in [0.29, 0.717) is 6.61 Å². The Morgan fingerprint density at radius 3 is 2.65 bits per heavy atom. The van der Waals surface area contributed by atoms with E-state index >= 15 is 0 Å². The fourth-order valence-corrected chi connectivity index (χ4v) is 1.39. The van der Waals surface area contributed by atoms with Gasteiger partial charge in [0.25, 0.3) is 0 Å². The third kappa shape index (κ3) is 4.36. The zero-order valence-electron chi connectivity index (χ0n) is 11.2. The van der Waals surface area contributed by atoms with Crippen LogP contribution in [0.2, 0.25) is 0 Å². The number of benzene rings is 1. The van der Waals surface area contributed by atoms with Crippen molar-refractivity contribution in [3.63, 3.8) is 0 Å². The van der Waals surface area contributed by atoms with Crippen LogP contribution in [-0.4, -0.2) is 19.3 Å². The molecule has 0 aliphatic heterocycles. The van der Waals surface area contributed by atoms with E-state index in [1.165, 1.54) is 0 Å². The van der Waals surface area contributed by atoms with Gasteiger partial charge in [-0.2, -0.15) is 0 Å². The summed E-state index contributed by atoms with van der Waals surface area (Å²) in [5.74, 6) is 0.827. The molecule has 0 heterocycles. The number of ether oxygens (including phenoxy) is 2. The Morgan fingerprint density at radius 2 is 2.06 bits per heavy atom. The van der Waals surface area contributed by atoms with Crippen LogP contribution < -0.4 is 10.5 Å². The molecule has 3 nitrogen and oxygen atoms in total. The average molecular weight is 237 g/mol. The number of nitrogens with two attached hydrogens (primary N) is 1. The average Bonchev–Trinajstić information content (AvgIpc) is 2.36. The fourth-order valence-electron chi connectivity index (χ4n) is 1.39. The lowest BCUT2D eigenvalue weighted by Gasteiger charge is -2.25. The quantitative estimate of drug-likeness (QED) is 0.827. The first-order valence-corrected chi connectivity index (χ1v) is 6.02. The highest BCUT2D eigenvalue weighted by Gasteiger charge is 2.17. The Labute approximate surface area is 104 Å². The smallest absolute Gasteiger partial charge is 0.119 e. The van der Waals surface area contributed by atoms with Crippen LogP contribution in [-0.2, 0) is 4.74 Å². The van der Waals surface area contributed by atoms with Crippen molar-refractivity contribution >= 4 is 0 Å². The normalized spacial score (nSPS) is 13.5. The standard InChI is InChI=1S/C14H23NO2/c1-5-14(2,3)17-10-13(15)11-7-6-8-12(9-11)16-4/h6-9,13H,5,10,15H2,1-4H3. The molecule has 0 radical (unpaired) electrons. The van der Waals surface area contributed by atoms with Crippen molar-refractivity contribution in [1.82, 2.24) is 0 Å². The number of hydrogen-bond acceptors (Lipinski definition) is 3. The molecule has 3 heteroatoms. The largest absolute Gasteiger partial charge is 0.497 e. The molecular formula is C14H23NO2. The van der Waals surface area contributed by atoms with Gasteiger partial charge in [-0.05, 0) is 38.0 Å². The lowest BCUT2D eigenvalue weighted by molar-refractivity contribution is -0.0267. The second kappa shape index (κ2) is 6.03. The summed E-state index contributed by atoms with van der Waals surface area (Å²) in [5, 5.41) is 0. The molecular weight excluding hydrogens is 214 g/mol. The van der Waals surface area contributed by atoms with Crippen LogP contribution in [0.5, 0.6) is 5.75 Å². The molecule has 1 aromatic carbocycles. The number of methoxy groups -OCH3 is 1. The molecule has 96 valence electrons. The second-order valence-electron chi connectivity index (χ2n) is 4.81. The summed E-state index contributed by atoms with van der Waals surface area (Å²) < 4.78 is 11.0. The molecule has 0 saturated carbocycles. The van der Waals surface area contributed by atoms with Crippen LogP contribution in [0.1, 0.15) is 38.8 Å². The second-order valence-corrected chi connectivity index (χ2v) is 4.81. The SMILES string of the molecule is CCC(C)(C)OCC(N)c1cccc(OC)c1. The molecule has 0 amide bonds. The minimum atomic E-state index is -0.115. The Kier molecular flexibility index (Phi) is 4.97. The van der Waals surface area contributed by atoms with Gasteiger partial charge in [0.2, 0.25) is 0 Å². The van der Waals surface area contributed by atoms with E-state index in [4.69, 9.17) is 15.2 Å². The zero-order chi connectivity index (χ0) is 12.9. The van der Waals surface area contributed by atoms with Crippen LogP contribution in [0, 0.1) is 0 Å². The Morgan fingerprint density at radius 1 is 1.35 bits per heavy atom. The van der Waals surface area contributed by atoms with Crippen molar-refractivity contribution in [3.05, 3.63) is 29.8 Å². The van der Waals surface area contributed by atoms with Crippen LogP contribution in [0.4, 0.5) is 0 Å². The molecule has 0 aromatic heterocycles. The monoisotopic (exact) mass is 237 g/mol. The number of rotatable bonds is 6. The highest BCUT2D eigenvalue weighted by atomic mass is 16.5. The molecule has 0 aliphatic rings. The molecule has 1 aromatic rings. The highest BCUT2D eigenvalue weighted by molar-refractivity contribution is 5.30. The van der Waals surface area contributed by atoms with Crippen LogP contribution >= 0.6 is 0 Å². The molecule has 0 aliphatic carbocycles. The molecule has 0 fully saturated rings. The summed E-state index contributed by atoms with van der Waals surface area (Å²) in [7, 11) is 1.65. The maximum atomic E-state index is 6.10. The van der Waals surface area contributed by atoms with E-state index in [9.17, 15) is 0 Å². The van der Waals surface area contributed by atoms with Crippen molar-refractivity contribution < 1.29 is 9.47 Å². The summed E-state index contributed by atoms with van der Waals surface area (Å²) in [5.41, 5.74) is 7.02. The molecule has 17 heavy (non-hydrogen) atoms. The first-order chi connectivity index (χ1) is 7.98. The summed E-state index contributed by atoms with van der Waals surface area (Å²) in [4.78, 5) is 0. The molecule has 1 atom stereocenters. The summed E-state index contributed by atoms with van der Waals surface area (Å²) in [6, 6.07) is 7.69. The molecule has 1 rings (SSSR count). The third-order valence-electron chi connectivity index (χ3n) is 3.03. The zero-order valence-corrected chi connectivity index (χ0v) is 11.2. The van der Waals surface area contributed by atoms with Gasteiger partial charge in [0.15, 0.2) is 0 Å². The Balaban J connectivity index is 2.60. The summed E-state index contributed by atoms with van der Waals surface area (Å²) in [6.07, 6.45) is 0.970. The van der Waals surface area contributed by atoms with E-state index in [0.717, 1.165) is 17.7 Å². The van der Waals surface area contributed by atoms with Gasteiger partial charge in [-0.1, -0.05) is 19.1 Å².